The van der Waals surface area contributed by atoms with Crippen LogP contribution < -0.4 is 10.5 Å². The van der Waals surface area contributed by atoms with E-state index in [1.165, 1.54) is 0 Å². The summed E-state index contributed by atoms with van der Waals surface area (Å²) in [6.45, 7) is 2.59. The molecule has 1 atom stereocenters. The molecule has 0 saturated carbocycles. The van der Waals surface area contributed by atoms with Gasteiger partial charge in [-0.05, 0) is 18.9 Å². The number of rotatable bonds is 7. The van der Waals surface area contributed by atoms with Crippen molar-refractivity contribution >= 4 is 5.91 Å². The number of hydrogen-bond donors (Lipinski definition) is 1. The molecule has 19 heavy (non-hydrogen) atoms. The molecule has 1 aromatic rings. The zero-order chi connectivity index (χ0) is 14.3. The highest BCUT2D eigenvalue weighted by Crippen LogP contribution is 2.25. The Morgan fingerprint density at radius 2 is 2.05 bits per heavy atom. The van der Waals surface area contributed by atoms with Crippen LogP contribution in [0.4, 0.5) is 0 Å². The van der Waals surface area contributed by atoms with Gasteiger partial charge in [-0.3, -0.25) is 4.79 Å². The molecule has 2 N–H and O–H groups in total. The van der Waals surface area contributed by atoms with Crippen molar-refractivity contribution in [1.82, 2.24) is 4.90 Å². The Morgan fingerprint density at radius 1 is 1.37 bits per heavy atom. The van der Waals surface area contributed by atoms with Crippen molar-refractivity contribution in [2.75, 3.05) is 20.7 Å². The van der Waals surface area contributed by atoms with Crippen molar-refractivity contribution in [2.24, 2.45) is 5.73 Å². The Morgan fingerprint density at radius 3 is 2.68 bits per heavy atom. The van der Waals surface area contributed by atoms with Gasteiger partial charge in [0.15, 0.2) is 0 Å². The Balaban J connectivity index is 2.47. The zero-order valence-corrected chi connectivity index (χ0v) is 12.1. The largest absolute Gasteiger partial charge is 0.493 e. The second-order valence-electron chi connectivity index (χ2n) is 4.79. The first-order valence-corrected chi connectivity index (χ1v) is 6.73. The van der Waals surface area contributed by atoms with Crippen molar-refractivity contribution in [3.63, 3.8) is 0 Å². The second kappa shape index (κ2) is 7.79. The summed E-state index contributed by atoms with van der Waals surface area (Å²) < 4.78 is 5.74. The summed E-state index contributed by atoms with van der Waals surface area (Å²) in [6, 6.07) is 7.83. The first kappa shape index (κ1) is 15.5. The molecular weight excluding hydrogens is 240 g/mol. The number of nitrogens with two attached hydrogens (primary N) is 1. The van der Waals surface area contributed by atoms with Crippen LogP contribution in [0.15, 0.2) is 24.3 Å². The first-order chi connectivity index (χ1) is 9.06. The first-order valence-electron chi connectivity index (χ1n) is 6.73. The van der Waals surface area contributed by atoms with Crippen molar-refractivity contribution in [3.8, 4) is 5.75 Å². The van der Waals surface area contributed by atoms with Gasteiger partial charge < -0.3 is 15.4 Å². The van der Waals surface area contributed by atoms with Crippen LogP contribution in [0.5, 0.6) is 5.75 Å². The van der Waals surface area contributed by atoms with Gasteiger partial charge in [-0.25, -0.2) is 0 Å². The lowest BCUT2D eigenvalue weighted by atomic mass is 10.0. The molecule has 0 aromatic heterocycles. The summed E-state index contributed by atoms with van der Waals surface area (Å²) in [6.07, 6.45) is 2.10. The molecule has 0 aliphatic heterocycles. The molecule has 0 unspecified atom stereocenters. The molecule has 4 nitrogen and oxygen atoms in total. The normalized spacial score (nSPS) is 12.0. The van der Waals surface area contributed by atoms with E-state index in [2.05, 4.69) is 6.92 Å². The maximum Gasteiger partial charge on any atom is 0.222 e. The summed E-state index contributed by atoms with van der Waals surface area (Å²) in [4.78, 5) is 13.0. The van der Waals surface area contributed by atoms with E-state index in [-0.39, 0.29) is 11.9 Å². The third-order valence-electron chi connectivity index (χ3n) is 3.05. The Bertz CT molecular complexity index is 405. The fourth-order valence-corrected chi connectivity index (χ4v) is 1.77. The molecule has 4 heteroatoms. The molecule has 1 aromatic carbocycles. The van der Waals surface area contributed by atoms with Gasteiger partial charge in [-0.15, -0.1) is 0 Å². The average Bonchev–Trinajstić information content (AvgIpc) is 2.42. The van der Waals surface area contributed by atoms with Gasteiger partial charge in [0.25, 0.3) is 0 Å². The summed E-state index contributed by atoms with van der Waals surface area (Å²) in [7, 11) is 3.53. The summed E-state index contributed by atoms with van der Waals surface area (Å²) >= 11 is 0. The van der Waals surface area contributed by atoms with Crippen LogP contribution >= 0.6 is 0 Å². The average molecular weight is 264 g/mol. The number of carbonyl (C=O) groups excluding carboxylic acids is 1. The highest BCUT2D eigenvalue weighted by molar-refractivity contribution is 5.75. The third kappa shape index (κ3) is 4.91. The lowest BCUT2D eigenvalue weighted by Crippen LogP contribution is -2.21. The smallest absolute Gasteiger partial charge is 0.222 e. The van der Waals surface area contributed by atoms with E-state index in [4.69, 9.17) is 10.5 Å². The van der Waals surface area contributed by atoms with Crippen molar-refractivity contribution < 1.29 is 9.53 Å². The molecule has 0 radical (unpaired) electrons. The topological polar surface area (TPSA) is 55.6 Å². The number of hydrogen-bond acceptors (Lipinski definition) is 3. The van der Waals surface area contributed by atoms with Gasteiger partial charge in [0.05, 0.1) is 6.61 Å². The fraction of sp³-hybridized carbons (Fsp3) is 0.533. The minimum atomic E-state index is -0.000364. The molecule has 0 heterocycles. The van der Waals surface area contributed by atoms with Crippen LogP contribution in [-0.2, 0) is 4.79 Å². The van der Waals surface area contributed by atoms with Crippen LogP contribution in [0.2, 0.25) is 0 Å². The number of para-hydroxylation sites is 1. The number of benzene rings is 1. The van der Waals surface area contributed by atoms with Crippen LogP contribution in [0.1, 0.15) is 37.8 Å². The third-order valence-corrected chi connectivity index (χ3v) is 3.05. The predicted molar refractivity (Wildman–Crippen MR) is 77.1 cm³/mol. The minimum absolute atomic E-state index is 0.000364. The van der Waals surface area contributed by atoms with Crippen LogP contribution in [0.25, 0.3) is 0 Å². The molecule has 1 amide bonds. The van der Waals surface area contributed by atoms with E-state index in [1.807, 2.05) is 24.3 Å². The Hall–Kier alpha value is -1.55. The zero-order valence-electron chi connectivity index (χ0n) is 12.1. The quantitative estimate of drug-likeness (QED) is 0.769. The molecule has 0 fully saturated rings. The molecule has 0 saturated heterocycles. The summed E-state index contributed by atoms with van der Waals surface area (Å²) in [5.41, 5.74) is 7.08. The highest BCUT2D eigenvalue weighted by Gasteiger charge is 2.10. The molecule has 0 bridgehead atoms. The van der Waals surface area contributed by atoms with Gasteiger partial charge in [-0.1, -0.05) is 25.1 Å². The lowest BCUT2D eigenvalue weighted by Gasteiger charge is -2.16. The maximum absolute atomic E-state index is 11.4. The SMILES string of the molecule is CC[C@H](N)c1ccccc1OCCCC(=O)N(C)C. The number of carbonyl (C=O) groups is 1. The van der Waals surface area contributed by atoms with E-state index in [9.17, 15) is 4.79 Å². The number of nitrogens with zero attached hydrogens (tertiary/aromatic N) is 1. The fourth-order valence-electron chi connectivity index (χ4n) is 1.77. The van der Waals surface area contributed by atoms with E-state index in [0.717, 1.165) is 17.7 Å². The van der Waals surface area contributed by atoms with Gasteiger partial charge in [0.2, 0.25) is 5.91 Å². The van der Waals surface area contributed by atoms with Crippen LogP contribution in [-0.4, -0.2) is 31.5 Å². The lowest BCUT2D eigenvalue weighted by molar-refractivity contribution is -0.128. The number of ether oxygens (including phenoxy) is 1. The van der Waals surface area contributed by atoms with E-state index in [1.54, 1.807) is 19.0 Å². The standard InChI is InChI=1S/C15H24N2O2/c1-4-13(16)12-8-5-6-9-14(12)19-11-7-10-15(18)17(2)3/h5-6,8-9,13H,4,7,10-11,16H2,1-3H3/t13-/m0/s1. The number of amides is 1. The minimum Gasteiger partial charge on any atom is -0.493 e. The van der Waals surface area contributed by atoms with Crippen molar-refractivity contribution in [2.45, 2.75) is 32.2 Å². The molecule has 0 aliphatic rings. The molecular formula is C15H24N2O2. The van der Waals surface area contributed by atoms with Crippen molar-refractivity contribution in [1.29, 1.82) is 0 Å². The molecule has 0 spiro atoms. The van der Waals surface area contributed by atoms with E-state index < -0.39 is 0 Å². The van der Waals surface area contributed by atoms with Gasteiger partial charge in [0, 0.05) is 32.1 Å². The Labute approximate surface area is 115 Å². The molecule has 0 aliphatic carbocycles. The molecule has 106 valence electrons. The summed E-state index contributed by atoms with van der Waals surface area (Å²) in [5, 5.41) is 0. The van der Waals surface area contributed by atoms with E-state index >= 15 is 0 Å². The monoisotopic (exact) mass is 264 g/mol. The van der Waals surface area contributed by atoms with Gasteiger partial charge >= 0.3 is 0 Å². The predicted octanol–water partition coefficient (Wildman–Crippen LogP) is 2.34. The van der Waals surface area contributed by atoms with Gasteiger partial charge in [0.1, 0.15) is 5.75 Å². The molecule has 1 rings (SSSR count). The maximum atomic E-state index is 11.4. The Kier molecular flexibility index (Phi) is 6.36. The van der Waals surface area contributed by atoms with Crippen LogP contribution in [0.3, 0.4) is 0 Å². The van der Waals surface area contributed by atoms with Crippen LogP contribution in [0, 0.1) is 0 Å². The summed E-state index contributed by atoms with van der Waals surface area (Å²) in [5.74, 6) is 0.955. The van der Waals surface area contributed by atoms with Gasteiger partial charge in [-0.2, -0.15) is 0 Å². The second-order valence-corrected chi connectivity index (χ2v) is 4.79. The van der Waals surface area contributed by atoms with Crippen molar-refractivity contribution in [3.05, 3.63) is 29.8 Å². The highest BCUT2D eigenvalue weighted by atomic mass is 16.5. The van der Waals surface area contributed by atoms with E-state index in [0.29, 0.717) is 19.4 Å².